The molecule has 1 heterocycles. The number of nitrogens with one attached hydrogen (secondary N) is 1. The van der Waals surface area contributed by atoms with E-state index in [2.05, 4.69) is 10.3 Å². The third kappa shape index (κ3) is 1.69. The molecule has 3 nitrogen and oxygen atoms in total. The number of anilines is 1. The number of carbonyl (C=O) groups is 1. The molecule has 5 rings (SSSR count). The van der Waals surface area contributed by atoms with Gasteiger partial charge in [-0.1, -0.05) is 0 Å². The topological polar surface area (TPSA) is 42.0 Å². The second-order valence-corrected chi connectivity index (χ2v) is 7.18. The maximum Gasteiger partial charge on any atom is 0.229 e. The third-order valence-electron chi connectivity index (χ3n) is 5.19. The van der Waals surface area contributed by atoms with Crippen molar-refractivity contribution in [3.8, 4) is 0 Å². The Morgan fingerprint density at radius 3 is 2.39 bits per heavy atom. The van der Waals surface area contributed by atoms with Crippen molar-refractivity contribution < 1.29 is 4.79 Å². The number of amides is 1. The Morgan fingerprint density at radius 1 is 1.17 bits per heavy atom. The normalized spacial score (nSPS) is 41.0. The number of thiazole rings is 1. The van der Waals surface area contributed by atoms with E-state index in [4.69, 9.17) is 0 Å². The van der Waals surface area contributed by atoms with Gasteiger partial charge in [-0.05, 0) is 55.8 Å². The van der Waals surface area contributed by atoms with E-state index in [1.165, 1.54) is 43.4 Å². The molecule has 18 heavy (non-hydrogen) atoms. The first-order valence-corrected chi connectivity index (χ1v) is 7.88. The minimum absolute atomic E-state index is 0.235. The molecule has 0 aliphatic heterocycles. The first-order chi connectivity index (χ1) is 8.79. The standard InChI is InChI=1S/C14H18N2OS/c17-13(16-14-15-1-2-18-14)12-10-4-8-3-9(6-10)7-11(12)5-8/h1-2,8-12H,3-7H2,(H,15,16,17). The Hall–Kier alpha value is -0.900. The highest BCUT2D eigenvalue weighted by Crippen LogP contribution is 2.56. The fourth-order valence-corrected chi connectivity index (χ4v) is 5.36. The molecule has 1 amide bonds. The van der Waals surface area contributed by atoms with Gasteiger partial charge in [0.15, 0.2) is 5.13 Å². The second-order valence-electron chi connectivity index (χ2n) is 6.28. The van der Waals surface area contributed by atoms with Crippen LogP contribution >= 0.6 is 11.3 Å². The van der Waals surface area contributed by atoms with Crippen molar-refractivity contribution in [1.82, 2.24) is 4.98 Å². The van der Waals surface area contributed by atoms with Gasteiger partial charge in [0.1, 0.15) is 0 Å². The van der Waals surface area contributed by atoms with Crippen molar-refractivity contribution in [3.05, 3.63) is 11.6 Å². The Balaban J connectivity index is 1.52. The number of rotatable bonds is 2. The van der Waals surface area contributed by atoms with Gasteiger partial charge in [-0.15, -0.1) is 11.3 Å². The molecule has 0 atom stereocenters. The van der Waals surface area contributed by atoms with Crippen LogP contribution in [0.3, 0.4) is 0 Å². The van der Waals surface area contributed by atoms with Gasteiger partial charge in [-0.2, -0.15) is 0 Å². The Labute approximate surface area is 111 Å². The highest BCUT2D eigenvalue weighted by atomic mass is 32.1. The highest BCUT2D eigenvalue weighted by Gasteiger charge is 2.50. The minimum atomic E-state index is 0.235. The van der Waals surface area contributed by atoms with E-state index >= 15 is 0 Å². The van der Waals surface area contributed by atoms with Gasteiger partial charge in [0.2, 0.25) is 5.91 Å². The summed E-state index contributed by atoms with van der Waals surface area (Å²) in [5.41, 5.74) is 0. The van der Waals surface area contributed by atoms with Crippen molar-refractivity contribution in [2.75, 3.05) is 5.32 Å². The molecule has 1 N–H and O–H groups in total. The summed E-state index contributed by atoms with van der Waals surface area (Å²) in [4.78, 5) is 16.6. The summed E-state index contributed by atoms with van der Waals surface area (Å²) < 4.78 is 0. The van der Waals surface area contributed by atoms with E-state index in [0.29, 0.717) is 11.8 Å². The lowest BCUT2D eigenvalue weighted by Gasteiger charge is -2.53. The molecule has 0 saturated heterocycles. The zero-order valence-electron chi connectivity index (χ0n) is 10.3. The van der Waals surface area contributed by atoms with E-state index in [1.807, 2.05) is 5.38 Å². The van der Waals surface area contributed by atoms with Crippen LogP contribution in [0.2, 0.25) is 0 Å². The molecule has 4 heteroatoms. The summed E-state index contributed by atoms with van der Waals surface area (Å²) in [7, 11) is 0. The van der Waals surface area contributed by atoms with Gasteiger partial charge >= 0.3 is 0 Å². The lowest BCUT2D eigenvalue weighted by Crippen LogP contribution is -2.49. The van der Waals surface area contributed by atoms with E-state index in [0.717, 1.165) is 17.0 Å². The molecular weight excluding hydrogens is 244 g/mol. The average Bonchev–Trinajstić information content (AvgIpc) is 2.80. The van der Waals surface area contributed by atoms with Gasteiger partial charge in [0, 0.05) is 17.5 Å². The third-order valence-corrected chi connectivity index (χ3v) is 5.88. The zero-order chi connectivity index (χ0) is 12.1. The van der Waals surface area contributed by atoms with E-state index < -0.39 is 0 Å². The van der Waals surface area contributed by atoms with Crippen LogP contribution in [-0.4, -0.2) is 10.9 Å². The van der Waals surface area contributed by atoms with Crippen LogP contribution in [-0.2, 0) is 4.79 Å². The smallest absolute Gasteiger partial charge is 0.229 e. The number of hydrogen-bond donors (Lipinski definition) is 1. The summed E-state index contributed by atoms with van der Waals surface area (Å²) in [5, 5.41) is 5.69. The first-order valence-electron chi connectivity index (χ1n) is 7.00. The number of nitrogens with zero attached hydrogens (tertiary/aromatic N) is 1. The fraction of sp³-hybridized carbons (Fsp3) is 0.714. The van der Waals surface area contributed by atoms with Crippen LogP contribution in [0.25, 0.3) is 0 Å². The molecule has 4 fully saturated rings. The predicted molar refractivity (Wildman–Crippen MR) is 71.3 cm³/mol. The van der Waals surface area contributed by atoms with E-state index in [1.54, 1.807) is 6.20 Å². The average molecular weight is 262 g/mol. The molecule has 1 aromatic heterocycles. The number of carbonyl (C=O) groups excluding carboxylic acids is 1. The lowest BCUT2D eigenvalue weighted by atomic mass is 9.51. The van der Waals surface area contributed by atoms with Crippen LogP contribution in [0, 0.1) is 29.6 Å². The zero-order valence-corrected chi connectivity index (χ0v) is 11.2. The molecule has 0 spiro atoms. The largest absolute Gasteiger partial charge is 0.302 e. The molecule has 4 saturated carbocycles. The summed E-state index contributed by atoms with van der Waals surface area (Å²) >= 11 is 1.51. The molecule has 4 bridgehead atoms. The summed E-state index contributed by atoms with van der Waals surface area (Å²) in [6.07, 6.45) is 8.36. The van der Waals surface area contributed by atoms with Crippen molar-refractivity contribution in [1.29, 1.82) is 0 Å². The van der Waals surface area contributed by atoms with Crippen LogP contribution < -0.4 is 5.32 Å². The van der Waals surface area contributed by atoms with Gasteiger partial charge in [0.25, 0.3) is 0 Å². The summed E-state index contributed by atoms with van der Waals surface area (Å²) in [6, 6.07) is 0. The predicted octanol–water partition coefficient (Wildman–Crippen LogP) is 3.15. The van der Waals surface area contributed by atoms with Gasteiger partial charge < -0.3 is 5.32 Å². The molecular formula is C14H18N2OS. The fourth-order valence-electron chi connectivity index (χ4n) is 4.83. The maximum atomic E-state index is 12.5. The van der Waals surface area contributed by atoms with Crippen LogP contribution in [0.5, 0.6) is 0 Å². The molecule has 4 aliphatic rings. The molecule has 0 aromatic carbocycles. The van der Waals surface area contributed by atoms with Crippen LogP contribution in [0.4, 0.5) is 5.13 Å². The Kier molecular flexibility index (Phi) is 2.47. The van der Waals surface area contributed by atoms with Crippen molar-refractivity contribution >= 4 is 22.4 Å². The van der Waals surface area contributed by atoms with Crippen LogP contribution in [0.15, 0.2) is 11.6 Å². The molecule has 96 valence electrons. The van der Waals surface area contributed by atoms with Gasteiger partial charge in [0.05, 0.1) is 0 Å². The minimum Gasteiger partial charge on any atom is -0.302 e. The Morgan fingerprint density at radius 2 is 1.83 bits per heavy atom. The molecule has 4 aliphatic carbocycles. The van der Waals surface area contributed by atoms with Crippen LogP contribution in [0.1, 0.15) is 32.1 Å². The maximum absolute atomic E-state index is 12.5. The second kappa shape index (κ2) is 4.05. The number of aromatic nitrogens is 1. The van der Waals surface area contributed by atoms with Crippen molar-refractivity contribution in [3.63, 3.8) is 0 Å². The molecule has 1 aromatic rings. The molecule has 0 unspecified atom stereocenters. The quantitative estimate of drug-likeness (QED) is 0.889. The monoisotopic (exact) mass is 262 g/mol. The van der Waals surface area contributed by atoms with Crippen molar-refractivity contribution in [2.24, 2.45) is 29.6 Å². The highest BCUT2D eigenvalue weighted by molar-refractivity contribution is 7.13. The van der Waals surface area contributed by atoms with Gasteiger partial charge in [-0.3, -0.25) is 4.79 Å². The SMILES string of the molecule is O=C(Nc1nccs1)C1C2CC3CC(C2)CC1C3. The number of hydrogen-bond acceptors (Lipinski definition) is 3. The van der Waals surface area contributed by atoms with E-state index in [9.17, 15) is 4.79 Å². The summed E-state index contributed by atoms with van der Waals surface area (Å²) in [6.45, 7) is 0. The van der Waals surface area contributed by atoms with Gasteiger partial charge in [-0.25, -0.2) is 4.98 Å². The van der Waals surface area contributed by atoms with E-state index in [-0.39, 0.29) is 11.8 Å². The lowest BCUT2D eigenvalue weighted by molar-refractivity contribution is -0.132. The van der Waals surface area contributed by atoms with Crippen molar-refractivity contribution in [2.45, 2.75) is 32.1 Å². The molecule has 0 radical (unpaired) electrons. The summed E-state index contributed by atoms with van der Waals surface area (Å²) in [5.74, 6) is 3.66. The first kappa shape index (κ1) is 11.0. The Bertz CT molecular complexity index is 428.